The molecule has 1 rings (SSSR count). The molecule has 92 valence electrons. The van der Waals surface area contributed by atoms with E-state index in [2.05, 4.69) is 21.2 Å². The minimum absolute atomic E-state index is 0.384. The predicted octanol–water partition coefficient (Wildman–Crippen LogP) is 0.194. The van der Waals surface area contributed by atoms with E-state index in [1.54, 1.807) is 24.3 Å². The van der Waals surface area contributed by atoms with Crippen molar-refractivity contribution >= 4 is 33.5 Å². The van der Waals surface area contributed by atoms with Gasteiger partial charge < -0.3 is 20.6 Å². The molecule has 0 aliphatic heterocycles. The molecule has 0 aliphatic carbocycles. The first kappa shape index (κ1) is 13.6. The van der Waals surface area contributed by atoms with Gasteiger partial charge in [0.15, 0.2) is 12.2 Å². The number of carbonyl (C=O) groups excluding carboxylic acids is 1. The maximum absolute atomic E-state index is 11.3. The number of aliphatic hydroxyl groups is 2. The minimum Gasteiger partial charge on any atom is -0.479 e. The number of hydrogen-bond donors (Lipinski definition) is 4. The lowest BCUT2D eigenvalue weighted by atomic mass is 10.2. The van der Waals surface area contributed by atoms with Crippen LogP contribution >= 0.6 is 15.9 Å². The van der Waals surface area contributed by atoms with E-state index in [4.69, 9.17) is 10.2 Å². The Labute approximate surface area is 105 Å². The maximum Gasteiger partial charge on any atom is 0.335 e. The molecule has 2 unspecified atom stereocenters. The number of anilines is 1. The highest BCUT2D eigenvalue weighted by Gasteiger charge is 2.29. The second-order valence-corrected chi connectivity index (χ2v) is 4.14. The molecule has 0 saturated carbocycles. The highest BCUT2D eigenvalue weighted by molar-refractivity contribution is 9.10. The van der Waals surface area contributed by atoms with Gasteiger partial charge in [0, 0.05) is 10.2 Å². The molecule has 0 aliphatic rings. The van der Waals surface area contributed by atoms with Crippen LogP contribution in [0.15, 0.2) is 28.7 Å². The largest absolute Gasteiger partial charge is 0.479 e. The van der Waals surface area contributed by atoms with E-state index in [0.717, 1.165) is 4.47 Å². The van der Waals surface area contributed by atoms with Crippen molar-refractivity contribution in [2.75, 3.05) is 5.32 Å². The van der Waals surface area contributed by atoms with Crippen molar-refractivity contribution in [3.63, 3.8) is 0 Å². The SMILES string of the molecule is O=C(O)C(O)C(O)C(=O)Nc1ccc(Br)cc1. The molecule has 0 radical (unpaired) electrons. The van der Waals surface area contributed by atoms with Crippen LogP contribution in [-0.2, 0) is 9.59 Å². The number of carboxylic acid groups (broad SMARTS) is 1. The molecule has 0 heterocycles. The van der Waals surface area contributed by atoms with E-state index in [1.807, 2.05) is 0 Å². The smallest absolute Gasteiger partial charge is 0.335 e. The summed E-state index contributed by atoms with van der Waals surface area (Å²) in [6.07, 6.45) is -4.17. The molecule has 0 bridgehead atoms. The van der Waals surface area contributed by atoms with Crippen molar-refractivity contribution in [1.29, 1.82) is 0 Å². The molecule has 6 nitrogen and oxygen atoms in total. The average Bonchev–Trinajstić information content (AvgIpc) is 2.30. The van der Waals surface area contributed by atoms with Crippen LogP contribution in [0.5, 0.6) is 0 Å². The van der Waals surface area contributed by atoms with Gasteiger partial charge in [0.2, 0.25) is 0 Å². The Morgan fingerprint density at radius 1 is 1.12 bits per heavy atom. The highest BCUT2D eigenvalue weighted by atomic mass is 79.9. The number of amides is 1. The summed E-state index contributed by atoms with van der Waals surface area (Å²) in [5.41, 5.74) is 0.384. The van der Waals surface area contributed by atoms with Gasteiger partial charge in [-0.25, -0.2) is 4.79 Å². The third kappa shape index (κ3) is 3.81. The lowest BCUT2D eigenvalue weighted by Gasteiger charge is -2.13. The Morgan fingerprint density at radius 2 is 1.65 bits per heavy atom. The zero-order valence-electron chi connectivity index (χ0n) is 8.50. The second-order valence-electron chi connectivity index (χ2n) is 3.22. The molecule has 17 heavy (non-hydrogen) atoms. The van der Waals surface area contributed by atoms with Crippen LogP contribution in [0, 0.1) is 0 Å². The van der Waals surface area contributed by atoms with Crippen molar-refractivity contribution in [3.8, 4) is 0 Å². The Kier molecular flexibility index (Phi) is 4.62. The minimum atomic E-state index is -2.15. The van der Waals surface area contributed by atoms with Crippen LogP contribution in [0.2, 0.25) is 0 Å². The van der Waals surface area contributed by atoms with Crippen LogP contribution in [0.25, 0.3) is 0 Å². The summed E-state index contributed by atoms with van der Waals surface area (Å²) >= 11 is 3.20. The average molecular weight is 304 g/mol. The van der Waals surface area contributed by atoms with Crippen molar-refractivity contribution in [1.82, 2.24) is 0 Å². The molecular formula is C10H10BrNO5. The Bertz CT molecular complexity index is 419. The third-order valence-electron chi connectivity index (χ3n) is 1.93. The molecule has 4 N–H and O–H groups in total. The van der Waals surface area contributed by atoms with Crippen molar-refractivity contribution in [3.05, 3.63) is 28.7 Å². The van der Waals surface area contributed by atoms with E-state index in [-0.39, 0.29) is 0 Å². The lowest BCUT2D eigenvalue weighted by Crippen LogP contribution is -2.42. The topological polar surface area (TPSA) is 107 Å². The monoisotopic (exact) mass is 303 g/mol. The quantitative estimate of drug-likeness (QED) is 0.635. The number of carboxylic acids is 1. The summed E-state index contributed by atoms with van der Waals surface area (Å²) in [5, 5.41) is 28.9. The van der Waals surface area contributed by atoms with Gasteiger partial charge in [-0.1, -0.05) is 15.9 Å². The molecule has 1 amide bonds. The number of halogens is 1. The Hall–Kier alpha value is -1.44. The second kappa shape index (κ2) is 5.76. The van der Waals surface area contributed by atoms with E-state index in [1.165, 1.54) is 0 Å². The molecule has 0 fully saturated rings. The molecular weight excluding hydrogens is 294 g/mol. The predicted molar refractivity (Wildman–Crippen MR) is 62.4 cm³/mol. The van der Waals surface area contributed by atoms with E-state index in [9.17, 15) is 14.7 Å². The molecule has 1 aromatic carbocycles. The standard InChI is InChI=1S/C10H10BrNO5/c11-5-1-3-6(4-2-5)12-9(15)7(13)8(14)10(16)17/h1-4,7-8,13-14H,(H,12,15)(H,16,17). The molecule has 2 atom stereocenters. The number of hydrogen-bond acceptors (Lipinski definition) is 4. The van der Waals surface area contributed by atoms with Crippen molar-refractivity contribution in [2.45, 2.75) is 12.2 Å². The van der Waals surface area contributed by atoms with E-state index >= 15 is 0 Å². The molecule has 0 aromatic heterocycles. The number of aliphatic hydroxyl groups excluding tert-OH is 2. The van der Waals surface area contributed by atoms with Gasteiger partial charge in [-0.05, 0) is 24.3 Å². The van der Waals surface area contributed by atoms with Crippen LogP contribution in [0.3, 0.4) is 0 Å². The van der Waals surface area contributed by atoms with Gasteiger partial charge in [-0.3, -0.25) is 4.79 Å². The van der Waals surface area contributed by atoms with Gasteiger partial charge in [-0.2, -0.15) is 0 Å². The summed E-state index contributed by atoms with van der Waals surface area (Å²) in [6.45, 7) is 0. The van der Waals surface area contributed by atoms with Crippen molar-refractivity contribution in [2.24, 2.45) is 0 Å². The summed E-state index contributed by atoms with van der Waals surface area (Å²) < 4.78 is 0.807. The first-order valence-corrected chi connectivity index (χ1v) is 5.36. The van der Waals surface area contributed by atoms with Crippen LogP contribution < -0.4 is 5.32 Å². The number of rotatable bonds is 4. The first-order chi connectivity index (χ1) is 7.91. The van der Waals surface area contributed by atoms with E-state index in [0.29, 0.717) is 5.69 Å². The summed E-state index contributed by atoms with van der Waals surface area (Å²) in [4.78, 5) is 21.7. The van der Waals surface area contributed by atoms with Gasteiger partial charge in [0.1, 0.15) is 0 Å². The highest BCUT2D eigenvalue weighted by Crippen LogP contribution is 2.14. The number of benzene rings is 1. The zero-order chi connectivity index (χ0) is 13.0. The first-order valence-electron chi connectivity index (χ1n) is 4.57. The van der Waals surface area contributed by atoms with Gasteiger partial charge in [0.05, 0.1) is 0 Å². The van der Waals surface area contributed by atoms with Gasteiger partial charge in [0.25, 0.3) is 5.91 Å². The lowest BCUT2D eigenvalue weighted by molar-refractivity contribution is -0.156. The zero-order valence-corrected chi connectivity index (χ0v) is 10.1. The Balaban J connectivity index is 2.66. The normalized spacial score (nSPS) is 13.8. The number of nitrogens with one attached hydrogen (secondary N) is 1. The fourth-order valence-corrected chi connectivity index (χ4v) is 1.29. The van der Waals surface area contributed by atoms with Gasteiger partial charge >= 0.3 is 5.97 Å². The molecule has 7 heteroatoms. The van der Waals surface area contributed by atoms with Gasteiger partial charge in [-0.15, -0.1) is 0 Å². The molecule has 0 spiro atoms. The number of carbonyl (C=O) groups is 2. The van der Waals surface area contributed by atoms with Crippen LogP contribution in [0.4, 0.5) is 5.69 Å². The fourth-order valence-electron chi connectivity index (χ4n) is 1.03. The summed E-state index contributed by atoms with van der Waals surface area (Å²) in [7, 11) is 0. The summed E-state index contributed by atoms with van der Waals surface area (Å²) in [6, 6.07) is 6.44. The summed E-state index contributed by atoms with van der Waals surface area (Å²) in [5.74, 6) is -2.65. The van der Waals surface area contributed by atoms with Crippen LogP contribution in [0.1, 0.15) is 0 Å². The Morgan fingerprint density at radius 3 is 2.12 bits per heavy atom. The fraction of sp³-hybridized carbons (Fsp3) is 0.200. The molecule has 0 saturated heterocycles. The number of aliphatic carboxylic acids is 1. The van der Waals surface area contributed by atoms with Crippen LogP contribution in [-0.4, -0.2) is 39.4 Å². The van der Waals surface area contributed by atoms with E-state index < -0.39 is 24.1 Å². The third-order valence-corrected chi connectivity index (χ3v) is 2.46. The molecule has 1 aromatic rings. The maximum atomic E-state index is 11.3. The van der Waals surface area contributed by atoms with Crippen molar-refractivity contribution < 1.29 is 24.9 Å².